The number of amides is 1. The van der Waals surface area contributed by atoms with Crippen LogP contribution in [0.25, 0.3) is 0 Å². The van der Waals surface area contributed by atoms with Crippen molar-refractivity contribution in [1.82, 2.24) is 10.3 Å². The third kappa shape index (κ3) is 9.31. The average molecular weight is 393 g/mol. The van der Waals surface area contributed by atoms with Gasteiger partial charge in [-0.05, 0) is 31.9 Å². The Morgan fingerprint density at radius 3 is 2.32 bits per heavy atom. The third-order valence-electron chi connectivity index (χ3n) is 4.63. The van der Waals surface area contributed by atoms with Gasteiger partial charge in [-0.25, -0.2) is 4.79 Å². The lowest BCUT2D eigenvalue weighted by Crippen LogP contribution is -2.45. The van der Waals surface area contributed by atoms with E-state index >= 15 is 0 Å². The van der Waals surface area contributed by atoms with Crippen molar-refractivity contribution in [2.75, 3.05) is 6.61 Å². The first-order valence-corrected chi connectivity index (χ1v) is 10.6. The second-order valence-corrected chi connectivity index (χ2v) is 7.15. The van der Waals surface area contributed by atoms with E-state index in [-0.39, 0.29) is 6.61 Å². The van der Waals surface area contributed by atoms with Gasteiger partial charge in [-0.15, -0.1) is 0 Å². The molecule has 6 heteroatoms. The van der Waals surface area contributed by atoms with Gasteiger partial charge in [-0.1, -0.05) is 57.9 Å². The molecule has 1 heterocycles. The summed E-state index contributed by atoms with van der Waals surface area (Å²) in [5, 5.41) is 13.0. The number of carbonyl (C=O) groups is 2. The van der Waals surface area contributed by atoms with Crippen molar-refractivity contribution >= 4 is 11.9 Å². The van der Waals surface area contributed by atoms with E-state index < -0.39 is 24.0 Å². The molecule has 0 saturated carbocycles. The maximum absolute atomic E-state index is 12.1. The normalized spacial score (nSPS) is 13.0. The monoisotopic (exact) mass is 392 g/mol. The largest absolute Gasteiger partial charge is 0.464 e. The minimum Gasteiger partial charge on any atom is -0.464 e. The van der Waals surface area contributed by atoms with E-state index in [0.29, 0.717) is 5.69 Å². The number of carbonyl (C=O) groups excluding carboxylic acids is 2. The lowest BCUT2D eigenvalue weighted by molar-refractivity contribution is -0.150. The lowest BCUT2D eigenvalue weighted by Gasteiger charge is -2.21. The van der Waals surface area contributed by atoms with Gasteiger partial charge in [0, 0.05) is 12.6 Å². The zero-order chi connectivity index (χ0) is 20.8. The predicted octanol–water partition coefficient (Wildman–Crippen LogP) is 3.87. The van der Waals surface area contributed by atoms with Gasteiger partial charge in [0.15, 0.2) is 6.04 Å². The number of pyridine rings is 1. The second kappa shape index (κ2) is 14.1. The van der Waals surface area contributed by atoms with Gasteiger partial charge < -0.3 is 15.2 Å². The van der Waals surface area contributed by atoms with Gasteiger partial charge in [0.05, 0.1) is 12.3 Å². The first kappa shape index (κ1) is 24.1. The summed E-state index contributed by atoms with van der Waals surface area (Å²) in [6.45, 7) is 5.37. The number of ether oxygens (including phenoxy) is 1. The number of hydrogen-bond donors (Lipinski definition) is 2. The van der Waals surface area contributed by atoms with Crippen molar-refractivity contribution in [3.63, 3.8) is 0 Å². The van der Waals surface area contributed by atoms with Crippen LogP contribution in [0, 0.1) is 0 Å². The molecule has 1 aromatic heterocycles. The maximum atomic E-state index is 12.1. The second-order valence-electron chi connectivity index (χ2n) is 7.15. The number of aromatic nitrogens is 1. The van der Waals surface area contributed by atoms with Crippen LogP contribution in [0.2, 0.25) is 0 Å². The lowest BCUT2D eigenvalue weighted by atomic mass is 10.0. The molecule has 0 fully saturated rings. The molecule has 1 aromatic rings. The number of aliphatic hydroxyl groups excluding tert-OH is 1. The molecule has 0 radical (unpaired) electrons. The number of aliphatic hydroxyl groups is 1. The van der Waals surface area contributed by atoms with Crippen LogP contribution in [-0.2, 0) is 20.7 Å². The Hall–Kier alpha value is -1.95. The fraction of sp³-hybridized carbons (Fsp3) is 0.682. The molecule has 0 aliphatic rings. The molecule has 28 heavy (non-hydrogen) atoms. The molecular formula is C22H36N2O4. The third-order valence-corrected chi connectivity index (χ3v) is 4.63. The van der Waals surface area contributed by atoms with Crippen LogP contribution < -0.4 is 5.32 Å². The van der Waals surface area contributed by atoms with Gasteiger partial charge in [0.2, 0.25) is 5.91 Å². The molecule has 6 nitrogen and oxygen atoms in total. The first-order chi connectivity index (χ1) is 13.5. The quantitative estimate of drug-likeness (QED) is 0.371. The van der Waals surface area contributed by atoms with Crippen LogP contribution >= 0.6 is 0 Å². The Bertz CT molecular complexity index is 592. The van der Waals surface area contributed by atoms with Crippen molar-refractivity contribution in [1.29, 1.82) is 0 Å². The number of unbranched alkanes of at least 4 members (excludes halogenated alkanes) is 7. The molecule has 1 amide bonds. The SMILES string of the molecule is CCCCCCCCCCc1cccc(C(O)C(NC(C)=O)C(=O)OCC)n1. The fourth-order valence-electron chi connectivity index (χ4n) is 3.13. The van der Waals surface area contributed by atoms with Crippen molar-refractivity contribution in [3.8, 4) is 0 Å². The van der Waals surface area contributed by atoms with Crippen LogP contribution in [0.1, 0.15) is 89.6 Å². The summed E-state index contributed by atoms with van der Waals surface area (Å²) in [6, 6.07) is 4.25. The zero-order valence-corrected chi connectivity index (χ0v) is 17.6. The summed E-state index contributed by atoms with van der Waals surface area (Å²) in [6.07, 6.45) is 9.55. The molecule has 0 bridgehead atoms. The number of aryl methyl sites for hydroxylation is 1. The summed E-state index contributed by atoms with van der Waals surface area (Å²) in [5.74, 6) is -1.08. The molecule has 1 rings (SSSR count). The van der Waals surface area contributed by atoms with Gasteiger partial charge in [0.25, 0.3) is 0 Å². The number of nitrogens with zero attached hydrogens (tertiary/aromatic N) is 1. The highest BCUT2D eigenvalue weighted by Crippen LogP contribution is 2.18. The maximum Gasteiger partial charge on any atom is 0.331 e. The van der Waals surface area contributed by atoms with E-state index in [4.69, 9.17) is 4.74 Å². The smallest absolute Gasteiger partial charge is 0.331 e. The standard InChI is InChI=1S/C22H36N2O4/c1-4-6-7-8-9-10-11-12-14-18-15-13-16-19(24-18)21(26)20(23-17(3)25)22(27)28-5-2/h13,15-16,20-21,26H,4-12,14H2,1-3H3,(H,23,25). The highest BCUT2D eigenvalue weighted by Gasteiger charge is 2.31. The number of rotatable bonds is 14. The van der Waals surface area contributed by atoms with E-state index in [1.54, 1.807) is 13.0 Å². The number of nitrogens with one attached hydrogen (secondary N) is 1. The Kier molecular flexibility index (Phi) is 12.1. The van der Waals surface area contributed by atoms with Crippen molar-refractivity contribution in [2.45, 2.75) is 90.7 Å². The van der Waals surface area contributed by atoms with Crippen LogP contribution in [0.3, 0.4) is 0 Å². The molecule has 2 unspecified atom stereocenters. The predicted molar refractivity (Wildman–Crippen MR) is 110 cm³/mol. The summed E-state index contributed by atoms with van der Waals surface area (Å²) >= 11 is 0. The molecule has 2 N–H and O–H groups in total. The zero-order valence-electron chi connectivity index (χ0n) is 17.6. The number of hydrogen-bond acceptors (Lipinski definition) is 5. The summed E-state index contributed by atoms with van der Waals surface area (Å²) in [5.41, 5.74) is 1.25. The van der Waals surface area contributed by atoms with Crippen LogP contribution in [0.15, 0.2) is 18.2 Å². The molecule has 0 aromatic carbocycles. The Morgan fingerprint density at radius 1 is 1.07 bits per heavy atom. The first-order valence-electron chi connectivity index (χ1n) is 10.6. The van der Waals surface area contributed by atoms with Gasteiger partial charge >= 0.3 is 5.97 Å². The van der Waals surface area contributed by atoms with Crippen molar-refractivity contribution < 1.29 is 19.4 Å². The highest BCUT2D eigenvalue weighted by atomic mass is 16.5. The molecule has 2 atom stereocenters. The molecule has 158 valence electrons. The fourth-order valence-corrected chi connectivity index (χ4v) is 3.13. The summed E-state index contributed by atoms with van der Waals surface area (Å²) in [4.78, 5) is 28.0. The minimum absolute atomic E-state index is 0.174. The molecule has 0 spiro atoms. The van der Waals surface area contributed by atoms with Gasteiger partial charge in [-0.2, -0.15) is 0 Å². The van der Waals surface area contributed by atoms with Crippen LogP contribution in [0.5, 0.6) is 0 Å². The molecule has 0 saturated heterocycles. The van der Waals surface area contributed by atoms with E-state index in [2.05, 4.69) is 17.2 Å². The molecule has 0 aliphatic heterocycles. The summed E-state index contributed by atoms with van der Waals surface area (Å²) < 4.78 is 4.96. The Balaban J connectivity index is 2.57. The summed E-state index contributed by atoms with van der Waals surface area (Å²) in [7, 11) is 0. The van der Waals surface area contributed by atoms with E-state index in [0.717, 1.165) is 25.0 Å². The topological polar surface area (TPSA) is 88.5 Å². The minimum atomic E-state index is -1.25. The highest BCUT2D eigenvalue weighted by molar-refractivity contribution is 5.83. The van der Waals surface area contributed by atoms with Crippen molar-refractivity contribution in [2.24, 2.45) is 0 Å². The Labute approximate surface area is 169 Å². The van der Waals surface area contributed by atoms with Gasteiger partial charge in [0.1, 0.15) is 6.10 Å². The number of esters is 1. The van der Waals surface area contributed by atoms with E-state index in [9.17, 15) is 14.7 Å². The van der Waals surface area contributed by atoms with E-state index in [1.807, 2.05) is 12.1 Å². The van der Waals surface area contributed by atoms with Crippen LogP contribution in [0.4, 0.5) is 0 Å². The van der Waals surface area contributed by atoms with Crippen molar-refractivity contribution in [3.05, 3.63) is 29.6 Å². The molecule has 0 aliphatic carbocycles. The average Bonchev–Trinajstić information content (AvgIpc) is 2.68. The van der Waals surface area contributed by atoms with Gasteiger partial charge in [-0.3, -0.25) is 9.78 Å². The molecular weight excluding hydrogens is 356 g/mol. The van der Waals surface area contributed by atoms with E-state index in [1.165, 1.54) is 45.4 Å². The Morgan fingerprint density at radius 2 is 1.71 bits per heavy atom. The van der Waals surface area contributed by atoms with Crippen LogP contribution in [-0.4, -0.2) is 34.6 Å².